The second kappa shape index (κ2) is 9.22. The van der Waals surface area contributed by atoms with Gasteiger partial charge in [-0.1, -0.05) is 36.4 Å². The van der Waals surface area contributed by atoms with Crippen molar-refractivity contribution in [2.45, 2.75) is 25.7 Å². The number of aliphatic carboxylic acids is 2. The summed E-state index contributed by atoms with van der Waals surface area (Å²) in [6, 6.07) is 11.7. The van der Waals surface area contributed by atoms with Gasteiger partial charge >= 0.3 is 11.9 Å². The van der Waals surface area contributed by atoms with Crippen molar-refractivity contribution in [3.63, 3.8) is 0 Å². The first-order chi connectivity index (χ1) is 16.0. The summed E-state index contributed by atoms with van der Waals surface area (Å²) in [6.45, 7) is 3.17. The van der Waals surface area contributed by atoms with Crippen molar-refractivity contribution in [3.8, 4) is 5.75 Å². The van der Waals surface area contributed by atoms with Crippen LogP contribution in [0.3, 0.4) is 0 Å². The molecule has 3 N–H and O–H groups in total. The Balaban J connectivity index is 2.34. The Kier molecular flexibility index (Phi) is 6.58. The third-order valence-electron chi connectivity index (χ3n) is 6.19. The molecule has 1 heterocycles. The summed E-state index contributed by atoms with van der Waals surface area (Å²) < 4.78 is 0. The van der Waals surface area contributed by atoms with Crippen LogP contribution in [0, 0.1) is 10.1 Å². The van der Waals surface area contributed by atoms with Crippen LogP contribution in [0.1, 0.15) is 31.4 Å². The van der Waals surface area contributed by atoms with E-state index in [2.05, 4.69) is 0 Å². The molecule has 0 spiro atoms. The van der Waals surface area contributed by atoms with E-state index in [0.29, 0.717) is 17.0 Å². The normalized spacial score (nSPS) is 15.7. The van der Waals surface area contributed by atoms with Crippen LogP contribution in [0.5, 0.6) is 5.75 Å². The van der Waals surface area contributed by atoms with Gasteiger partial charge in [0.1, 0.15) is 5.75 Å². The number of carboxylic acid groups (broad SMARTS) is 2. The zero-order valence-electron chi connectivity index (χ0n) is 18.8. The van der Waals surface area contributed by atoms with E-state index < -0.39 is 22.3 Å². The fraction of sp³-hybridized carbons (Fsp3) is 0.200. The van der Waals surface area contributed by atoms with E-state index in [1.807, 2.05) is 0 Å². The lowest BCUT2D eigenvalue weighted by molar-refractivity contribution is -0.385. The number of hydrogen-bond donors (Lipinski definition) is 3. The maximum atomic E-state index is 12.6. The minimum absolute atomic E-state index is 0.0824. The molecule has 34 heavy (non-hydrogen) atoms. The predicted molar refractivity (Wildman–Crippen MR) is 125 cm³/mol. The number of phenols is 1. The summed E-state index contributed by atoms with van der Waals surface area (Å²) in [4.78, 5) is 37.5. The Labute approximate surface area is 195 Å². The number of rotatable bonds is 7. The van der Waals surface area contributed by atoms with Crippen LogP contribution in [0.15, 0.2) is 77.1 Å². The molecule has 0 aliphatic carbocycles. The third-order valence-corrected chi connectivity index (χ3v) is 6.19. The summed E-state index contributed by atoms with van der Waals surface area (Å²) >= 11 is 0. The highest BCUT2D eigenvalue weighted by Gasteiger charge is 2.51. The minimum atomic E-state index is -1.70. The molecule has 0 atom stereocenters. The second-order valence-corrected chi connectivity index (χ2v) is 8.00. The van der Waals surface area contributed by atoms with Crippen molar-refractivity contribution in [3.05, 3.63) is 98.4 Å². The third kappa shape index (κ3) is 4.15. The van der Waals surface area contributed by atoms with Gasteiger partial charge in [0.2, 0.25) is 0 Å². The van der Waals surface area contributed by atoms with Crippen molar-refractivity contribution in [1.82, 2.24) is 4.90 Å². The molecule has 0 amide bonds. The number of allylic oxidation sites excluding steroid dienone is 3. The average molecular weight is 464 g/mol. The molecule has 9 heteroatoms. The molecule has 2 aromatic rings. The molecule has 0 radical (unpaired) electrons. The molecule has 3 rings (SSSR count). The van der Waals surface area contributed by atoms with Crippen LogP contribution in [0.2, 0.25) is 0 Å². The fourth-order valence-corrected chi connectivity index (χ4v) is 4.46. The Morgan fingerprint density at radius 3 is 2.09 bits per heavy atom. The molecule has 176 valence electrons. The first-order valence-corrected chi connectivity index (χ1v) is 10.3. The van der Waals surface area contributed by atoms with Gasteiger partial charge in [0.05, 0.1) is 21.5 Å². The standard InChI is InChI=1S/C25H24N2O7/c1-15-21(23(29)30)25(22(24(31)32)16(2)26(15)3,18-7-4-8-19(14-18)27(33)34)13-5-6-17-9-11-20(28)12-10-17/h4-12,14,28H,13H2,1-3H3,(H,29,30)(H,31,32)/b6-5+. The van der Waals surface area contributed by atoms with E-state index >= 15 is 0 Å². The van der Waals surface area contributed by atoms with E-state index in [0.717, 1.165) is 0 Å². The summed E-state index contributed by atoms with van der Waals surface area (Å²) in [6.07, 6.45) is 3.24. The zero-order chi connectivity index (χ0) is 25.2. The van der Waals surface area contributed by atoms with Crippen LogP contribution >= 0.6 is 0 Å². The second-order valence-electron chi connectivity index (χ2n) is 8.00. The highest BCUT2D eigenvalue weighted by Crippen LogP contribution is 2.50. The van der Waals surface area contributed by atoms with Crippen molar-refractivity contribution < 1.29 is 29.8 Å². The molecule has 0 saturated carbocycles. The first-order valence-electron chi connectivity index (χ1n) is 10.3. The Bertz CT molecular complexity index is 1220. The molecule has 1 aliphatic heterocycles. The highest BCUT2D eigenvalue weighted by molar-refractivity contribution is 6.01. The molecule has 2 aromatic carbocycles. The number of benzene rings is 2. The first kappa shape index (κ1) is 24.2. The number of phenolic OH excluding ortho intramolecular Hbond substituents is 1. The van der Waals surface area contributed by atoms with Crippen LogP contribution in [0.4, 0.5) is 5.69 Å². The number of hydrogen-bond acceptors (Lipinski definition) is 6. The Morgan fingerprint density at radius 1 is 1.03 bits per heavy atom. The summed E-state index contributed by atoms with van der Waals surface area (Å²) in [5.41, 5.74) is -0.753. The van der Waals surface area contributed by atoms with Crippen molar-refractivity contribution >= 4 is 23.7 Å². The lowest BCUT2D eigenvalue weighted by Crippen LogP contribution is -2.45. The van der Waals surface area contributed by atoms with Gasteiger partial charge in [-0.15, -0.1) is 0 Å². The quantitative estimate of drug-likeness (QED) is 0.407. The highest BCUT2D eigenvalue weighted by atomic mass is 16.6. The molecular weight excluding hydrogens is 440 g/mol. The maximum absolute atomic E-state index is 12.6. The number of non-ortho nitro benzene ring substituents is 1. The lowest BCUT2D eigenvalue weighted by atomic mass is 9.63. The summed E-state index contributed by atoms with van der Waals surface area (Å²) in [5, 5.41) is 41.5. The SMILES string of the molecule is CC1=C(C(=O)O)C(C/C=C/c2ccc(O)cc2)(c2cccc([N+](=O)[O-])c2)C(C(=O)O)=C(C)N1C. The molecule has 1 aliphatic rings. The largest absolute Gasteiger partial charge is 0.508 e. The molecule has 0 unspecified atom stereocenters. The van der Waals surface area contributed by atoms with E-state index in [-0.39, 0.29) is 34.6 Å². The average Bonchev–Trinajstić information content (AvgIpc) is 2.78. The number of carbonyl (C=O) groups is 2. The summed E-state index contributed by atoms with van der Waals surface area (Å²) in [7, 11) is 1.58. The topological polar surface area (TPSA) is 141 Å². The van der Waals surface area contributed by atoms with Gasteiger partial charge in [0.25, 0.3) is 5.69 Å². The van der Waals surface area contributed by atoms with Crippen LogP contribution in [-0.4, -0.2) is 44.1 Å². The van der Waals surface area contributed by atoms with Gasteiger partial charge in [-0.05, 0) is 43.5 Å². The zero-order valence-corrected chi connectivity index (χ0v) is 18.8. The van der Waals surface area contributed by atoms with E-state index in [1.165, 1.54) is 41.3 Å². The van der Waals surface area contributed by atoms with Gasteiger partial charge in [-0.25, -0.2) is 9.59 Å². The van der Waals surface area contributed by atoms with Crippen molar-refractivity contribution in [2.24, 2.45) is 0 Å². The van der Waals surface area contributed by atoms with E-state index in [1.54, 1.807) is 45.2 Å². The lowest BCUT2D eigenvalue weighted by Gasteiger charge is -2.43. The number of carboxylic acids is 2. The monoisotopic (exact) mass is 464 g/mol. The molecule has 0 aromatic heterocycles. The van der Waals surface area contributed by atoms with Crippen molar-refractivity contribution in [2.75, 3.05) is 7.05 Å². The molecule has 0 fully saturated rings. The predicted octanol–water partition coefficient (Wildman–Crippen LogP) is 4.30. The van der Waals surface area contributed by atoms with Crippen LogP contribution in [-0.2, 0) is 15.0 Å². The minimum Gasteiger partial charge on any atom is -0.508 e. The number of nitro groups is 1. The van der Waals surface area contributed by atoms with E-state index in [9.17, 15) is 35.0 Å². The van der Waals surface area contributed by atoms with Gasteiger partial charge in [-0.2, -0.15) is 0 Å². The number of aromatic hydroxyl groups is 1. The van der Waals surface area contributed by atoms with Gasteiger partial charge in [-0.3, -0.25) is 10.1 Å². The van der Waals surface area contributed by atoms with Crippen LogP contribution in [0.25, 0.3) is 6.08 Å². The molecule has 0 bridgehead atoms. The number of nitro benzene ring substituents is 1. The molecule has 9 nitrogen and oxygen atoms in total. The van der Waals surface area contributed by atoms with Crippen molar-refractivity contribution in [1.29, 1.82) is 0 Å². The molecular formula is C25H24N2O7. The van der Waals surface area contributed by atoms with E-state index in [4.69, 9.17) is 0 Å². The van der Waals surface area contributed by atoms with Gasteiger partial charge in [0.15, 0.2) is 0 Å². The number of nitrogens with zero attached hydrogens (tertiary/aromatic N) is 2. The van der Waals surface area contributed by atoms with Gasteiger partial charge in [0, 0.05) is 30.6 Å². The van der Waals surface area contributed by atoms with Gasteiger partial charge < -0.3 is 20.2 Å². The maximum Gasteiger partial charge on any atom is 0.334 e. The Hall–Kier alpha value is -4.40. The Morgan fingerprint density at radius 2 is 1.59 bits per heavy atom. The fourth-order valence-electron chi connectivity index (χ4n) is 4.46. The van der Waals surface area contributed by atoms with Crippen LogP contribution < -0.4 is 0 Å². The molecule has 0 saturated heterocycles. The summed E-state index contributed by atoms with van der Waals surface area (Å²) in [5.74, 6) is -2.56. The smallest absolute Gasteiger partial charge is 0.334 e.